The lowest BCUT2D eigenvalue weighted by Crippen LogP contribution is -2.36. The highest BCUT2D eigenvalue weighted by atomic mass is 35.5. The first-order valence-electron chi connectivity index (χ1n) is 6.46. The highest BCUT2D eigenvalue weighted by molar-refractivity contribution is 6.99. The maximum Gasteiger partial charge on any atom is 0.271 e. The molecule has 0 spiro atoms. The van der Waals surface area contributed by atoms with Crippen molar-refractivity contribution in [3.63, 3.8) is 0 Å². The minimum atomic E-state index is 0.265. The predicted molar refractivity (Wildman–Crippen MR) is 83.7 cm³/mol. The van der Waals surface area contributed by atoms with Crippen molar-refractivity contribution in [3.05, 3.63) is 33.8 Å². The van der Waals surface area contributed by atoms with Gasteiger partial charge in [-0.05, 0) is 12.1 Å². The third kappa shape index (κ3) is 3.40. The molecule has 0 radical (unpaired) electrons. The second-order valence-corrected chi connectivity index (χ2v) is 5.82. The fourth-order valence-electron chi connectivity index (χ4n) is 2.05. The Balaban J connectivity index is 1.72. The van der Waals surface area contributed by atoms with Gasteiger partial charge in [0.1, 0.15) is 6.61 Å². The molecule has 0 amide bonds. The molecule has 2 aromatic rings. The fraction of sp³-hybridized carbons (Fsp3) is 0.385. The molecule has 0 aliphatic carbocycles. The average Bonchev–Trinajstić information content (AvgIpc) is 2.96. The van der Waals surface area contributed by atoms with Crippen LogP contribution in [0.4, 0.5) is 5.82 Å². The number of benzene rings is 1. The van der Waals surface area contributed by atoms with Crippen LogP contribution in [0.5, 0.6) is 5.88 Å². The summed E-state index contributed by atoms with van der Waals surface area (Å²) in [6.07, 6.45) is 0. The van der Waals surface area contributed by atoms with Crippen molar-refractivity contribution >= 4 is 40.7 Å². The number of aromatic nitrogens is 2. The van der Waals surface area contributed by atoms with E-state index in [0.29, 0.717) is 29.1 Å². The van der Waals surface area contributed by atoms with Crippen LogP contribution in [-0.4, -0.2) is 35.1 Å². The SMILES string of the molecule is Clc1cccc(Cl)c1COc1nsnc1N1CCOCC1. The van der Waals surface area contributed by atoms with Crippen LogP contribution in [0, 0.1) is 0 Å². The molecule has 1 saturated heterocycles. The van der Waals surface area contributed by atoms with Crippen molar-refractivity contribution in [1.82, 2.24) is 8.75 Å². The van der Waals surface area contributed by atoms with Gasteiger partial charge in [-0.1, -0.05) is 29.3 Å². The molecule has 1 aromatic heterocycles. The summed E-state index contributed by atoms with van der Waals surface area (Å²) in [5.41, 5.74) is 0.752. The third-order valence-electron chi connectivity index (χ3n) is 3.17. The smallest absolute Gasteiger partial charge is 0.271 e. The van der Waals surface area contributed by atoms with Crippen molar-refractivity contribution in [2.24, 2.45) is 0 Å². The van der Waals surface area contributed by atoms with Crippen LogP contribution >= 0.6 is 34.9 Å². The zero-order valence-corrected chi connectivity index (χ0v) is 13.4. The monoisotopic (exact) mass is 345 g/mol. The van der Waals surface area contributed by atoms with E-state index in [9.17, 15) is 0 Å². The van der Waals surface area contributed by atoms with Gasteiger partial charge in [-0.2, -0.15) is 4.37 Å². The first-order valence-corrected chi connectivity index (χ1v) is 7.95. The van der Waals surface area contributed by atoms with Crippen LogP contribution in [-0.2, 0) is 11.3 Å². The molecular weight excluding hydrogens is 333 g/mol. The molecule has 1 aliphatic heterocycles. The van der Waals surface area contributed by atoms with Crippen molar-refractivity contribution in [2.75, 3.05) is 31.2 Å². The number of nitrogens with zero attached hydrogens (tertiary/aromatic N) is 3. The van der Waals surface area contributed by atoms with E-state index < -0.39 is 0 Å². The molecule has 0 saturated carbocycles. The first kappa shape index (κ1) is 14.8. The molecule has 2 heterocycles. The van der Waals surface area contributed by atoms with E-state index in [2.05, 4.69) is 13.6 Å². The second-order valence-electron chi connectivity index (χ2n) is 4.48. The van der Waals surface area contributed by atoms with Gasteiger partial charge >= 0.3 is 0 Å². The van der Waals surface area contributed by atoms with Crippen molar-refractivity contribution < 1.29 is 9.47 Å². The van der Waals surface area contributed by atoms with Crippen molar-refractivity contribution in [3.8, 4) is 5.88 Å². The predicted octanol–water partition coefficient (Wildman–Crippen LogP) is 3.26. The summed E-state index contributed by atoms with van der Waals surface area (Å²) in [5, 5.41) is 1.16. The molecule has 21 heavy (non-hydrogen) atoms. The van der Waals surface area contributed by atoms with E-state index >= 15 is 0 Å². The Labute approximate surface area is 136 Å². The van der Waals surface area contributed by atoms with Gasteiger partial charge in [-0.3, -0.25) is 0 Å². The summed E-state index contributed by atoms with van der Waals surface area (Å²) in [4.78, 5) is 2.11. The Morgan fingerprint density at radius 2 is 1.90 bits per heavy atom. The zero-order valence-electron chi connectivity index (χ0n) is 11.1. The maximum atomic E-state index is 6.13. The zero-order chi connectivity index (χ0) is 14.7. The molecular formula is C13H13Cl2N3O2S. The molecule has 0 atom stereocenters. The molecule has 3 rings (SSSR count). The number of hydrogen-bond acceptors (Lipinski definition) is 6. The van der Waals surface area contributed by atoms with Crippen molar-refractivity contribution in [1.29, 1.82) is 0 Å². The average molecular weight is 346 g/mol. The van der Waals surface area contributed by atoms with Gasteiger partial charge in [0.05, 0.1) is 24.9 Å². The van der Waals surface area contributed by atoms with E-state index in [1.54, 1.807) is 18.2 Å². The Morgan fingerprint density at radius 3 is 2.62 bits per heavy atom. The summed E-state index contributed by atoms with van der Waals surface area (Å²) in [6.45, 7) is 3.21. The molecule has 112 valence electrons. The Kier molecular flexibility index (Phi) is 4.80. The Morgan fingerprint density at radius 1 is 1.19 bits per heavy atom. The van der Waals surface area contributed by atoms with E-state index in [4.69, 9.17) is 32.7 Å². The van der Waals surface area contributed by atoms with Crippen LogP contribution < -0.4 is 9.64 Å². The molecule has 1 aromatic carbocycles. The molecule has 0 bridgehead atoms. The number of morpholine rings is 1. The molecule has 8 heteroatoms. The third-order valence-corrected chi connectivity index (χ3v) is 4.38. The van der Waals surface area contributed by atoms with Gasteiger partial charge in [0, 0.05) is 28.7 Å². The summed E-state index contributed by atoms with van der Waals surface area (Å²) in [5.74, 6) is 1.27. The lowest BCUT2D eigenvalue weighted by molar-refractivity contribution is 0.122. The highest BCUT2D eigenvalue weighted by Crippen LogP contribution is 2.30. The molecule has 1 aliphatic rings. The van der Waals surface area contributed by atoms with Gasteiger partial charge in [0.15, 0.2) is 0 Å². The quantitative estimate of drug-likeness (QED) is 0.850. The van der Waals surface area contributed by atoms with E-state index in [0.717, 1.165) is 36.2 Å². The molecule has 0 unspecified atom stereocenters. The minimum Gasteiger partial charge on any atom is -0.469 e. The number of ether oxygens (including phenoxy) is 2. The number of halogens is 2. The van der Waals surface area contributed by atoms with Gasteiger partial charge in [0.2, 0.25) is 5.82 Å². The molecule has 5 nitrogen and oxygen atoms in total. The number of anilines is 1. The summed E-state index contributed by atoms with van der Waals surface area (Å²) >= 11 is 13.4. The van der Waals surface area contributed by atoms with Crippen LogP contribution in [0.15, 0.2) is 18.2 Å². The lowest BCUT2D eigenvalue weighted by Gasteiger charge is -2.26. The Hall–Kier alpha value is -1.08. The fourth-order valence-corrected chi connectivity index (χ4v) is 3.07. The van der Waals surface area contributed by atoms with Crippen LogP contribution in [0.1, 0.15) is 5.56 Å². The topological polar surface area (TPSA) is 47.5 Å². The van der Waals surface area contributed by atoms with E-state index in [1.807, 2.05) is 0 Å². The highest BCUT2D eigenvalue weighted by Gasteiger charge is 2.20. The van der Waals surface area contributed by atoms with Crippen LogP contribution in [0.2, 0.25) is 10.0 Å². The molecule has 1 fully saturated rings. The maximum absolute atomic E-state index is 6.13. The summed E-state index contributed by atoms with van der Waals surface area (Å²) < 4.78 is 19.6. The van der Waals surface area contributed by atoms with E-state index in [-0.39, 0.29) is 6.61 Å². The van der Waals surface area contributed by atoms with E-state index in [1.165, 1.54) is 0 Å². The van der Waals surface area contributed by atoms with Gasteiger partial charge < -0.3 is 14.4 Å². The number of rotatable bonds is 4. The first-order chi connectivity index (χ1) is 10.3. The lowest BCUT2D eigenvalue weighted by atomic mass is 10.2. The standard InChI is InChI=1S/C13H13Cl2N3O2S/c14-10-2-1-3-11(15)9(10)8-20-13-12(16-21-17-13)18-4-6-19-7-5-18/h1-3H,4-8H2. The van der Waals surface area contributed by atoms with Gasteiger partial charge in [-0.15, -0.1) is 4.37 Å². The molecule has 0 N–H and O–H groups in total. The minimum absolute atomic E-state index is 0.265. The van der Waals surface area contributed by atoms with Crippen LogP contribution in [0.25, 0.3) is 0 Å². The summed E-state index contributed by atoms with van der Waals surface area (Å²) in [7, 11) is 0. The van der Waals surface area contributed by atoms with Gasteiger partial charge in [0.25, 0.3) is 5.88 Å². The van der Waals surface area contributed by atoms with Crippen molar-refractivity contribution in [2.45, 2.75) is 6.61 Å². The largest absolute Gasteiger partial charge is 0.469 e. The van der Waals surface area contributed by atoms with Crippen LogP contribution in [0.3, 0.4) is 0 Å². The normalized spacial score (nSPS) is 15.2. The number of hydrogen-bond donors (Lipinski definition) is 0. The Bertz CT molecular complexity index is 597. The second kappa shape index (κ2) is 6.79. The van der Waals surface area contributed by atoms with Gasteiger partial charge in [-0.25, -0.2) is 0 Å². The summed E-state index contributed by atoms with van der Waals surface area (Å²) in [6, 6.07) is 5.38.